The first-order valence-electron chi connectivity index (χ1n) is 7.96. The highest BCUT2D eigenvalue weighted by molar-refractivity contribution is 5.53. The summed E-state index contributed by atoms with van der Waals surface area (Å²) in [6.45, 7) is 1.51. The van der Waals surface area contributed by atoms with Crippen LogP contribution in [0.4, 0.5) is 0 Å². The standard InChI is InChI=1S/C19H21N3O2/c1-22(2)12-13-23-17-11-7-6-10-16(17)14-18-20-19(21-24-18)15-8-4-3-5-9-15/h3-11H,12-14H2,1-2H3. The van der Waals surface area contributed by atoms with Gasteiger partial charge in [-0.25, -0.2) is 0 Å². The molecular weight excluding hydrogens is 302 g/mol. The lowest BCUT2D eigenvalue weighted by molar-refractivity contribution is 0.259. The third-order valence-corrected chi connectivity index (χ3v) is 3.61. The van der Waals surface area contributed by atoms with Gasteiger partial charge >= 0.3 is 0 Å². The van der Waals surface area contributed by atoms with Gasteiger partial charge in [0.05, 0.1) is 6.42 Å². The molecule has 0 saturated carbocycles. The van der Waals surface area contributed by atoms with Crippen LogP contribution < -0.4 is 4.74 Å². The molecule has 0 unspecified atom stereocenters. The maximum Gasteiger partial charge on any atom is 0.231 e. The van der Waals surface area contributed by atoms with E-state index in [1.807, 2.05) is 68.7 Å². The van der Waals surface area contributed by atoms with E-state index >= 15 is 0 Å². The number of aromatic nitrogens is 2. The zero-order chi connectivity index (χ0) is 16.8. The van der Waals surface area contributed by atoms with Crippen molar-refractivity contribution in [2.45, 2.75) is 6.42 Å². The number of nitrogens with zero attached hydrogens (tertiary/aromatic N) is 3. The number of hydrogen-bond acceptors (Lipinski definition) is 5. The maximum atomic E-state index is 5.88. The van der Waals surface area contributed by atoms with Gasteiger partial charge < -0.3 is 14.2 Å². The molecule has 2 aromatic carbocycles. The van der Waals surface area contributed by atoms with Crippen LogP contribution in [0.2, 0.25) is 0 Å². The molecule has 1 heterocycles. The van der Waals surface area contributed by atoms with Crippen LogP contribution in [-0.4, -0.2) is 42.3 Å². The topological polar surface area (TPSA) is 51.4 Å². The van der Waals surface area contributed by atoms with Crippen molar-refractivity contribution in [1.82, 2.24) is 15.0 Å². The molecule has 24 heavy (non-hydrogen) atoms. The Morgan fingerprint density at radius 3 is 2.54 bits per heavy atom. The molecule has 0 aliphatic rings. The van der Waals surface area contributed by atoms with E-state index in [1.165, 1.54) is 0 Å². The lowest BCUT2D eigenvalue weighted by Crippen LogP contribution is -2.19. The summed E-state index contributed by atoms with van der Waals surface area (Å²) in [6, 6.07) is 17.8. The zero-order valence-corrected chi connectivity index (χ0v) is 14.0. The first-order chi connectivity index (χ1) is 11.7. The highest BCUT2D eigenvalue weighted by Crippen LogP contribution is 2.22. The lowest BCUT2D eigenvalue weighted by Gasteiger charge is -2.13. The summed E-state index contributed by atoms with van der Waals surface area (Å²) in [4.78, 5) is 6.57. The van der Waals surface area contributed by atoms with Gasteiger partial charge in [0.1, 0.15) is 12.4 Å². The Morgan fingerprint density at radius 1 is 1.00 bits per heavy atom. The summed E-state index contributed by atoms with van der Waals surface area (Å²) < 4.78 is 11.3. The smallest absolute Gasteiger partial charge is 0.231 e. The van der Waals surface area contributed by atoms with Crippen molar-refractivity contribution < 1.29 is 9.26 Å². The first kappa shape index (κ1) is 16.2. The number of rotatable bonds is 7. The van der Waals surface area contributed by atoms with E-state index in [4.69, 9.17) is 9.26 Å². The van der Waals surface area contributed by atoms with Gasteiger partial charge in [-0.3, -0.25) is 0 Å². The van der Waals surface area contributed by atoms with Gasteiger partial charge in [0.15, 0.2) is 0 Å². The number of ether oxygens (including phenoxy) is 1. The van der Waals surface area contributed by atoms with E-state index < -0.39 is 0 Å². The number of likely N-dealkylation sites (N-methyl/N-ethyl adjacent to an activating group) is 1. The molecule has 0 bridgehead atoms. The van der Waals surface area contributed by atoms with Crippen LogP contribution in [0.25, 0.3) is 11.4 Å². The molecule has 124 valence electrons. The molecule has 0 spiro atoms. The molecule has 5 nitrogen and oxygen atoms in total. The van der Waals surface area contributed by atoms with Crippen LogP contribution in [0, 0.1) is 0 Å². The molecule has 0 radical (unpaired) electrons. The van der Waals surface area contributed by atoms with Crippen molar-refractivity contribution in [1.29, 1.82) is 0 Å². The van der Waals surface area contributed by atoms with Gasteiger partial charge in [-0.05, 0) is 20.2 Å². The fourth-order valence-corrected chi connectivity index (χ4v) is 2.32. The van der Waals surface area contributed by atoms with Gasteiger partial charge in [-0.2, -0.15) is 4.98 Å². The normalized spacial score (nSPS) is 11.0. The maximum absolute atomic E-state index is 5.88. The molecule has 1 aromatic heterocycles. The highest BCUT2D eigenvalue weighted by Gasteiger charge is 2.11. The molecule has 3 aromatic rings. The third-order valence-electron chi connectivity index (χ3n) is 3.61. The van der Waals surface area contributed by atoms with Crippen molar-refractivity contribution >= 4 is 0 Å². The second-order valence-corrected chi connectivity index (χ2v) is 5.81. The van der Waals surface area contributed by atoms with Crippen LogP contribution in [-0.2, 0) is 6.42 Å². The van der Waals surface area contributed by atoms with Crippen molar-refractivity contribution in [2.75, 3.05) is 27.2 Å². The lowest BCUT2D eigenvalue weighted by atomic mass is 10.1. The quantitative estimate of drug-likeness (QED) is 0.668. The Hall–Kier alpha value is -2.66. The molecule has 0 N–H and O–H groups in total. The minimum absolute atomic E-state index is 0.554. The van der Waals surface area contributed by atoms with Gasteiger partial charge in [-0.1, -0.05) is 53.7 Å². The number of benzene rings is 2. The zero-order valence-electron chi connectivity index (χ0n) is 14.0. The van der Waals surface area contributed by atoms with Crippen molar-refractivity contribution in [2.24, 2.45) is 0 Å². The molecule has 0 aliphatic heterocycles. The molecule has 0 aliphatic carbocycles. The van der Waals surface area contributed by atoms with E-state index in [1.54, 1.807) is 0 Å². The molecule has 5 heteroatoms. The van der Waals surface area contributed by atoms with Gasteiger partial charge in [0, 0.05) is 17.7 Å². The second-order valence-electron chi connectivity index (χ2n) is 5.81. The van der Waals surface area contributed by atoms with Gasteiger partial charge in [0.25, 0.3) is 0 Å². The molecular formula is C19H21N3O2. The highest BCUT2D eigenvalue weighted by atomic mass is 16.5. The Labute approximate surface area is 141 Å². The minimum atomic E-state index is 0.554. The van der Waals surface area contributed by atoms with E-state index in [0.717, 1.165) is 23.4 Å². The first-order valence-corrected chi connectivity index (χ1v) is 7.96. The van der Waals surface area contributed by atoms with Crippen LogP contribution >= 0.6 is 0 Å². The van der Waals surface area contributed by atoms with Crippen LogP contribution in [0.5, 0.6) is 5.75 Å². The largest absolute Gasteiger partial charge is 0.492 e. The predicted octanol–water partition coefficient (Wildman–Crippen LogP) is 3.27. The summed E-state index contributed by atoms with van der Waals surface area (Å²) in [6.07, 6.45) is 0.554. The Morgan fingerprint density at radius 2 is 1.75 bits per heavy atom. The van der Waals surface area contributed by atoms with Crippen LogP contribution in [0.15, 0.2) is 59.1 Å². The van der Waals surface area contributed by atoms with E-state index in [0.29, 0.717) is 24.7 Å². The SMILES string of the molecule is CN(C)CCOc1ccccc1Cc1nc(-c2ccccc2)no1. The Bertz CT molecular complexity index is 769. The molecule has 0 amide bonds. The van der Waals surface area contributed by atoms with Gasteiger partial charge in [-0.15, -0.1) is 0 Å². The summed E-state index contributed by atoms with van der Waals surface area (Å²) in [5.41, 5.74) is 1.99. The fourth-order valence-electron chi connectivity index (χ4n) is 2.32. The molecule has 3 rings (SSSR count). The summed E-state index contributed by atoms with van der Waals surface area (Å²) in [7, 11) is 4.05. The van der Waals surface area contributed by atoms with Gasteiger partial charge in [0.2, 0.25) is 11.7 Å². The van der Waals surface area contributed by atoms with E-state index in [9.17, 15) is 0 Å². The monoisotopic (exact) mass is 323 g/mol. The van der Waals surface area contributed by atoms with Crippen molar-refractivity contribution in [3.8, 4) is 17.1 Å². The molecule has 0 saturated heterocycles. The molecule has 0 atom stereocenters. The third kappa shape index (κ3) is 4.20. The number of hydrogen-bond donors (Lipinski definition) is 0. The average molecular weight is 323 g/mol. The Balaban J connectivity index is 1.71. The van der Waals surface area contributed by atoms with Crippen LogP contribution in [0.1, 0.15) is 11.5 Å². The predicted molar refractivity (Wildman–Crippen MR) is 93.0 cm³/mol. The fraction of sp³-hybridized carbons (Fsp3) is 0.263. The minimum Gasteiger partial charge on any atom is -0.492 e. The summed E-state index contributed by atoms with van der Waals surface area (Å²) in [5, 5.41) is 4.06. The van der Waals surface area contributed by atoms with E-state index in [2.05, 4.69) is 15.0 Å². The van der Waals surface area contributed by atoms with Crippen LogP contribution in [0.3, 0.4) is 0 Å². The second kappa shape index (κ2) is 7.75. The summed E-state index contributed by atoms with van der Waals surface area (Å²) >= 11 is 0. The number of para-hydroxylation sites is 1. The van der Waals surface area contributed by atoms with Crippen molar-refractivity contribution in [3.63, 3.8) is 0 Å². The summed E-state index contributed by atoms with van der Waals surface area (Å²) in [5.74, 6) is 2.05. The van der Waals surface area contributed by atoms with E-state index in [-0.39, 0.29) is 0 Å². The molecule has 0 fully saturated rings. The average Bonchev–Trinajstić information content (AvgIpc) is 3.05. The van der Waals surface area contributed by atoms with Crippen molar-refractivity contribution in [3.05, 3.63) is 66.1 Å². The Kier molecular flexibility index (Phi) is 5.23.